The standard InChI is InChI=1S/C9H10N6OS/c16-8(7-12-14-15-13-7)11-9-10-5-3-1-2-4-6(5)17-9/h1-4H2,(H,10,11,16)(H,12,13,14,15). The van der Waals surface area contributed by atoms with Crippen molar-refractivity contribution in [2.45, 2.75) is 25.7 Å². The molecule has 0 radical (unpaired) electrons. The van der Waals surface area contributed by atoms with Gasteiger partial charge in [-0.05, 0) is 30.9 Å². The smallest absolute Gasteiger partial charge is 0.295 e. The van der Waals surface area contributed by atoms with Gasteiger partial charge < -0.3 is 0 Å². The van der Waals surface area contributed by atoms with Crippen LogP contribution in [0.1, 0.15) is 34.0 Å². The summed E-state index contributed by atoms with van der Waals surface area (Å²) in [6.45, 7) is 0. The summed E-state index contributed by atoms with van der Waals surface area (Å²) < 4.78 is 0. The molecule has 2 aromatic heterocycles. The molecule has 3 rings (SSSR count). The van der Waals surface area contributed by atoms with Crippen LogP contribution in [0.3, 0.4) is 0 Å². The van der Waals surface area contributed by atoms with E-state index < -0.39 is 0 Å². The van der Waals surface area contributed by atoms with E-state index in [1.807, 2.05) is 0 Å². The molecule has 2 N–H and O–H groups in total. The molecular weight excluding hydrogens is 240 g/mol. The van der Waals surface area contributed by atoms with Crippen LogP contribution in [0.4, 0.5) is 5.13 Å². The van der Waals surface area contributed by atoms with Gasteiger partial charge >= 0.3 is 0 Å². The van der Waals surface area contributed by atoms with Crippen LogP contribution in [0.5, 0.6) is 0 Å². The van der Waals surface area contributed by atoms with Gasteiger partial charge in [-0.15, -0.1) is 21.5 Å². The van der Waals surface area contributed by atoms with E-state index in [0.29, 0.717) is 5.13 Å². The second-order valence-corrected chi connectivity index (χ2v) is 4.87. The molecule has 1 aliphatic carbocycles. The molecule has 0 fully saturated rings. The highest BCUT2D eigenvalue weighted by molar-refractivity contribution is 7.15. The number of tetrazole rings is 1. The van der Waals surface area contributed by atoms with Gasteiger partial charge in [0.15, 0.2) is 5.13 Å². The number of aromatic nitrogens is 5. The number of nitrogens with zero attached hydrogens (tertiary/aromatic N) is 4. The van der Waals surface area contributed by atoms with Gasteiger partial charge in [-0.3, -0.25) is 10.1 Å². The Kier molecular flexibility index (Phi) is 2.56. The number of hydrogen-bond acceptors (Lipinski definition) is 6. The maximum Gasteiger partial charge on any atom is 0.299 e. The number of H-pyrrole nitrogens is 1. The van der Waals surface area contributed by atoms with Gasteiger partial charge in [0.25, 0.3) is 11.7 Å². The van der Waals surface area contributed by atoms with Gasteiger partial charge in [0.2, 0.25) is 0 Å². The number of carbonyl (C=O) groups excluding carboxylic acids is 1. The quantitative estimate of drug-likeness (QED) is 0.821. The zero-order valence-electron chi connectivity index (χ0n) is 8.93. The van der Waals surface area contributed by atoms with E-state index in [1.165, 1.54) is 29.1 Å². The highest BCUT2D eigenvalue weighted by Crippen LogP contribution is 2.29. The van der Waals surface area contributed by atoms with Crippen LogP contribution >= 0.6 is 11.3 Å². The summed E-state index contributed by atoms with van der Waals surface area (Å²) in [5, 5.41) is 16.1. The summed E-state index contributed by atoms with van der Waals surface area (Å²) in [4.78, 5) is 17.3. The first kappa shape index (κ1) is 10.3. The third-order valence-corrected chi connectivity index (χ3v) is 3.69. The summed E-state index contributed by atoms with van der Waals surface area (Å²) >= 11 is 1.53. The summed E-state index contributed by atoms with van der Waals surface area (Å²) in [7, 11) is 0. The average Bonchev–Trinajstić information content (AvgIpc) is 2.97. The Morgan fingerprint density at radius 3 is 3.00 bits per heavy atom. The Morgan fingerprint density at radius 1 is 1.35 bits per heavy atom. The topological polar surface area (TPSA) is 96.5 Å². The molecule has 88 valence electrons. The lowest BCUT2D eigenvalue weighted by molar-refractivity contribution is 0.101. The molecule has 2 heterocycles. The van der Waals surface area contributed by atoms with Crippen molar-refractivity contribution in [2.24, 2.45) is 0 Å². The largest absolute Gasteiger partial charge is 0.299 e. The molecule has 7 nitrogen and oxygen atoms in total. The molecule has 17 heavy (non-hydrogen) atoms. The summed E-state index contributed by atoms with van der Waals surface area (Å²) in [6.07, 6.45) is 4.44. The Hall–Kier alpha value is -1.83. The first-order chi connectivity index (χ1) is 8.33. The van der Waals surface area contributed by atoms with Gasteiger partial charge in [-0.1, -0.05) is 0 Å². The molecule has 0 atom stereocenters. The second-order valence-electron chi connectivity index (χ2n) is 3.79. The van der Waals surface area contributed by atoms with Gasteiger partial charge in [-0.25, -0.2) is 4.98 Å². The molecule has 0 bridgehead atoms. The minimum atomic E-state index is -0.384. The fraction of sp³-hybridized carbons (Fsp3) is 0.444. The highest BCUT2D eigenvalue weighted by Gasteiger charge is 2.18. The minimum Gasteiger partial charge on any atom is -0.295 e. The number of rotatable bonds is 2. The van der Waals surface area contributed by atoms with Gasteiger partial charge in [0.1, 0.15) is 0 Å². The molecule has 1 aliphatic rings. The lowest BCUT2D eigenvalue weighted by Crippen LogP contribution is -2.13. The van der Waals surface area contributed by atoms with Crippen molar-refractivity contribution in [3.63, 3.8) is 0 Å². The number of fused-ring (bicyclic) bond motifs is 1. The highest BCUT2D eigenvalue weighted by atomic mass is 32.1. The maximum atomic E-state index is 11.7. The first-order valence-electron chi connectivity index (χ1n) is 5.36. The molecule has 0 aliphatic heterocycles. The predicted molar refractivity (Wildman–Crippen MR) is 60.9 cm³/mol. The van der Waals surface area contributed by atoms with Crippen LogP contribution in [0.25, 0.3) is 0 Å². The molecule has 0 spiro atoms. The van der Waals surface area contributed by atoms with E-state index in [-0.39, 0.29) is 11.7 Å². The molecule has 0 saturated heterocycles. The number of nitrogens with one attached hydrogen (secondary N) is 2. The van der Waals surface area contributed by atoms with E-state index in [1.54, 1.807) is 0 Å². The molecule has 0 saturated carbocycles. The third kappa shape index (κ3) is 2.03. The number of amides is 1. The van der Waals surface area contributed by atoms with E-state index in [2.05, 4.69) is 30.9 Å². The van der Waals surface area contributed by atoms with Crippen molar-refractivity contribution in [2.75, 3.05) is 5.32 Å². The van der Waals surface area contributed by atoms with Crippen LogP contribution in [0, 0.1) is 0 Å². The van der Waals surface area contributed by atoms with Crippen LogP contribution in [-0.4, -0.2) is 31.5 Å². The van der Waals surface area contributed by atoms with E-state index in [4.69, 9.17) is 0 Å². The predicted octanol–water partition coefficient (Wildman–Crippen LogP) is 0.787. The zero-order chi connectivity index (χ0) is 11.7. The number of aryl methyl sites for hydroxylation is 2. The molecule has 8 heteroatoms. The summed E-state index contributed by atoms with van der Waals surface area (Å²) in [5.41, 5.74) is 1.12. The number of hydrogen-bond donors (Lipinski definition) is 2. The van der Waals surface area contributed by atoms with Crippen molar-refractivity contribution in [1.82, 2.24) is 25.6 Å². The molecule has 1 amide bonds. The van der Waals surface area contributed by atoms with Gasteiger partial charge in [0.05, 0.1) is 5.69 Å². The molecule has 2 aromatic rings. The minimum absolute atomic E-state index is 0.0261. The Bertz CT molecular complexity index is 510. The van der Waals surface area contributed by atoms with Crippen LogP contribution < -0.4 is 5.32 Å². The lowest BCUT2D eigenvalue weighted by Gasteiger charge is -2.06. The average molecular weight is 250 g/mol. The van der Waals surface area contributed by atoms with Crippen molar-refractivity contribution in [3.8, 4) is 0 Å². The van der Waals surface area contributed by atoms with E-state index in [9.17, 15) is 4.79 Å². The fourth-order valence-corrected chi connectivity index (χ4v) is 2.86. The molecular formula is C9H10N6OS. The van der Waals surface area contributed by atoms with Crippen molar-refractivity contribution in [3.05, 3.63) is 16.4 Å². The van der Waals surface area contributed by atoms with Crippen LogP contribution in [-0.2, 0) is 12.8 Å². The van der Waals surface area contributed by atoms with Gasteiger partial charge in [0, 0.05) is 4.88 Å². The number of aromatic amines is 1. The monoisotopic (exact) mass is 250 g/mol. The molecule has 0 unspecified atom stereocenters. The van der Waals surface area contributed by atoms with Gasteiger partial charge in [-0.2, -0.15) is 5.21 Å². The number of thiazole rings is 1. The summed E-state index contributed by atoms with van der Waals surface area (Å²) in [5.74, 6) is -0.358. The Balaban J connectivity index is 1.77. The van der Waals surface area contributed by atoms with E-state index >= 15 is 0 Å². The molecule has 0 aromatic carbocycles. The fourth-order valence-electron chi connectivity index (χ4n) is 1.82. The zero-order valence-corrected chi connectivity index (χ0v) is 9.75. The maximum absolute atomic E-state index is 11.7. The lowest BCUT2D eigenvalue weighted by atomic mass is 10.0. The van der Waals surface area contributed by atoms with Crippen molar-refractivity contribution >= 4 is 22.4 Å². The van der Waals surface area contributed by atoms with Crippen molar-refractivity contribution in [1.29, 1.82) is 0 Å². The van der Waals surface area contributed by atoms with Crippen molar-refractivity contribution < 1.29 is 4.79 Å². The third-order valence-electron chi connectivity index (χ3n) is 2.61. The Morgan fingerprint density at radius 2 is 2.24 bits per heavy atom. The van der Waals surface area contributed by atoms with Crippen LogP contribution in [0.2, 0.25) is 0 Å². The Labute approximate surface area is 101 Å². The van der Waals surface area contributed by atoms with E-state index in [0.717, 1.165) is 18.5 Å². The SMILES string of the molecule is O=C(Nc1nc2c(s1)CCCC2)c1nn[nH]n1. The number of anilines is 1. The van der Waals surface area contributed by atoms with Crippen LogP contribution in [0.15, 0.2) is 0 Å². The first-order valence-corrected chi connectivity index (χ1v) is 6.18. The number of carbonyl (C=O) groups is 1. The normalized spacial score (nSPS) is 14.4. The second kappa shape index (κ2) is 4.21. The summed E-state index contributed by atoms with van der Waals surface area (Å²) in [6, 6.07) is 0.